The minimum absolute atomic E-state index is 0.0766. The number of hydrogen-bond donors (Lipinski definition) is 2. The maximum absolute atomic E-state index is 12.1. The number of thiazole rings is 1. The molecule has 2 N–H and O–H groups in total. The van der Waals surface area contributed by atoms with Gasteiger partial charge in [-0.25, -0.2) is 18.1 Å². The SMILES string of the molecule is Cc1cnc(NC(=O)C=Cc2ccc(S(=O)(=O)NC3CC3)cc2)s1. The first-order valence-corrected chi connectivity index (χ1v) is 9.76. The zero-order valence-corrected chi connectivity index (χ0v) is 14.7. The van der Waals surface area contributed by atoms with Crippen molar-refractivity contribution >= 4 is 38.5 Å². The molecule has 1 heterocycles. The van der Waals surface area contributed by atoms with Gasteiger partial charge < -0.3 is 0 Å². The van der Waals surface area contributed by atoms with Crippen LogP contribution in [0, 0.1) is 6.92 Å². The Bertz CT molecular complexity index is 866. The lowest BCUT2D eigenvalue weighted by molar-refractivity contribution is -0.111. The van der Waals surface area contributed by atoms with Crippen molar-refractivity contribution in [2.24, 2.45) is 0 Å². The zero-order chi connectivity index (χ0) is 17.2. The van der Waals surface area contributed by atoms with E-state index in [1.165, 1.54) is 29.5 Å². The Labute approximate surface area is 144 Å². The molecule has 0 saturated heterocycles. The fourth-order valence-corrected chi connectivity index (χ4v) is 3.95. The van der Waals surface area contributed by atoms with Crippen LogP contribution in [0.2, 0.25) is 0 Å². The third-order valence-electron chi connectivity index (χ3n) is 3.37. The molecule has 8 heteroatoms. The second kappa shape index (κ2) is 6.84. The van der Waals surface area contributed by atoms with Crippen LogP contribution in [-0.2, 0) is 14.8 Å². The number of carbonyl (C=O) groups excluding carboxylic acids is 1. The predicted octanol–water partition coefficient (Wildman–Crippen LogP) is 2.54. The Morgan fingerprint density at radius 2 is 2.00 bits per heavy atom. The number of aromatic nitrogens is 1. The first-order valence-electron chi connectivity index (χ1n) is 7.46. The lowest BCUT2D eigenvalue weighted by Crippen LogP contribution is -2.25. The number of amides is 1. The lowest BCUT2D eigenvalue weighted by atomic mass is 10.2. The molecule has 0 atom stereocenters. The highest BCUT2D eigenvalue weighted by Crippen LogP contribution is 2.22. The van der Waals surface area contributed by atoms with Gasteiger partial charge in [0.2, 0.25) is 15.9 Å². The maximum Gasteiger partial charge on any atom is 0.250 e. The molecule has 1 aliphatic carbocycles. The van der Waals surface area contributed by atoms with Crippen LogP contribution in [0.4, 0.5) is 5.13 Å². The van der Waals surface area contributed by atoms with Gasteiger partial charge in [-0.2, -0.15) is 0 Å². The van der Waals surface area contributed by atoms with E-state index >= 15 is 0 Å². The molecule has 1 fully saturated rings. The van der Waals surface area contributed by atoms with Crippen molar-refractivity contribution < 1.29 is 13.2 Å². The fraction of sp³-hybridized carbons (Fsp3) is 0.250. The van der Waals surface area contributed by atoms with Crippen molar-refractivity contribution in [2.75, 3.05) is 5.32 Å². The van der Waals surface area contributed by atoms with Crippen molar-refractivity contribution in [1.29, 1.82) is 0 Å². The van der Waals surface area contributed by atoms with E-state index in [9.17, 15) is 13.2 Å². The molecular weight excluding hydrogens is 346 g/mol. The Balaban J connectivity index is 1.61. The van der Waals surface area contributed by atoms with E-state index in [4.69, 9.17) is 0 Å². The Hall–Kier alpha value is -2.03. The number of nitrogens with zero attached hydrogens (tertiary/aromatic N) is 1. The van der Waals surface area contributed by atoms with Crippen molar-refractivity contribution in [3.05, 3.63) is 47.0 Å². The van der Waals surface area contributed by atoms with Crippen LogP contribution in [-0.4, -0.2) is 25.4 Å². The van der Waals surface area contributed by atoms with Gasteiger partial charge in [-0.1, -0.05) is 12.1 Å². The second-order valence-electron chi connectivity index (χ2n) is 5.56. The van der Waals surface area contributed by atoms with Gasteiger partial charge in [-0.3, -0.25) is 10.1 Å². The van der Waals surface area contributed by atoms with Crippen molar-refractivity contribution in [1.82, 2.24) is 9.71 Å². The lowest BCUT2D eigenvalue weighted by Gasteiger charge is -2.05. The third-order valence-corrected chi connectivity index (χ3v) is 5.73. The Morgan fingerprint density at radius 3 is 2.58 bits per heavy atom. The zero-order valence-electron chi connectivity index (χ0n) is 13.0. The molecule has 0 bridgehead atoms. The third kappa shape index (κ3) is 4.50. The highest BCUT2D eigenvalue weighted by Gasteiger charge is 2.27. The molecular formula is C16H17N3O3S2. The summed E-state index contributed by atoms with van der Waals surface area (Å²) in [7, 11) is -3.44. The van der Waals surface area contributed by atoms with Gasteiger partial charge >= 0.3 is 0 Å². The van der Waals surface area contributed by atoms with Gasteiger partial charge in [-0.05, 0) is 43.5 Å². The van der Waals surface area contributed by atoms with Crippen LogP contribution in [0.1, 0.15) is 23.3 Å². The van der Waals surface area contributed by atoms with Crippen LogP contribution in [0.25, 0.3) is 6.08 Å². The summed E-state index contributed by atoms with van der Waals surface area (Å²) in [6.45, 7) is 1.91. The van der Waals surface area contributed by atoms with Gasteiger partial charge in [-0.15, -0.1) is 11.3 Å². The van der Waals surface area contributed by atoms with Crippen LogP contribution in [0.3, 0.4) is 0 Å². The average Bonchev–Trinajstić information content (AvgIpc) is 3.25. The van der Waals surface area contributed by atoms with Crippen molar-refractivity contribution in [3.63, 3.8) is 0 Å². The number of benzene rings is 1. The summed E-state index contributed by atoms with van der Waals surface area (Å²) in [6.07, 6.45) is 6.50. The summed E-state index contributed by atoms with van der Waals surface area (Å²) in [5.41, 5.74) is 0.742. The molecule has 0 spiro atoms. The topological polar surface area (TPSA) is 88.2 Å². The summed E-state index contributed by atoms with van der Waals surface area (Å²) >= 11 is 1.40. The summed E-state index contributed by atoms with van der Waals surface area (Å²) in [6, 6.07) is 6.48. The number of carbonyl (C=O) groups is 1. The highest BCUT2D eigenvalue weighted by atomic mass is 32.2. The van der Waals surface area contributed by atoms with Gasteiger partial charge in [0.25, 0.3) is 0 Å². The molecule has 1 amide bonds. The molecule has 3 rings (SSSR count). The molecule has 0 unspecified atom stereocenters. The smallest absolute Gasteiger partial charge is 0.250 e. The summed E-state index contributed by atoms with van der Waals surface area (Å²) in [4.78, 5) is 17.1. The molecule has 1 aromatic carbocycles. The van der Waals surface area contributed by atoms with E-state index in [0.717, 1.165) is 23.3 Å². The minimum atomic E-state index is -3.44. The summed E-state index contributed by atoms with van der Waals surface area (Å²) in [5, 5.41) is 3.22. The van der Waals surface area contributed by atoms with Crippen molar-refractivity contribution in [3.8, 4) is 0 Å². The van der Waals surface area contributed by atoms with E-state index in [2.05, 4.69) is 15.0 Å². The Morgan fingerprint density at radius 1 is 1.29 bits per heavy atom. The minimum Gasteiger partial charge on any atom is -0.298 e. The molecule has 1 aromatic heterocycles. The molecule has 126 valence electrons. The molecule has 0 aliphatic heterocycles. The predicted molar refractivity (Wildman–Crippen MR) is 94.3 cm³/mol. The van der Waals surface area contributed by atoms with E-state index in [0.29, 0.717) is 5.13 Å². The van der Waals surface area contributed by atoms with Gasteiger partial charge in [0, 0.05) is 23.2 Å². The number of aryl methyl sites for hydroxylation is 1. The number of rotatable bonds is 6. The monoisotopic (exact) mass is 363 g/mol. The average molecular weight is 363 g/mol. The van der Waals surface area contributed by atoms with Crippen LogP contribution >= 0.6 is 11.3 Å². The second-order valence-corrected chi connectivity index (χ2v) is 8.51. The molecule has 1 saturated carbocycles. The van der Waals surface area contributed by atoms with E-state index < -0.39 is 10.0 Å². The first kappa shape index (κ1) is 16.8. The quantitative estimate of drug-likeness (QED) is 0.772. The first-order chi connectivity index (χ1) is 11.4. The number of hydrogen-bond acceptors (Lipinski definition) is 5. The highest BCUT2D eigenvalue weighted by molar-refractivity contribution is 7.89. The molecule has 6 nitrogen and oxygen atoms in total. The van der Waals surface area contributed by atoms with E-state index in [1.807, 2.05) is 6.92 Å². The molecule has 2 aromatic rings. The molecule has 24 heavy (non-hydrogen) atoms. The largest absolute Gasteiger partial charge is 0.298 e. The normalized spacial score (nSPS) is 14.9. The van der Waals surface area contributed by atoms with Gasteiger partial charge in [0.1, 0.15) is 0 Å². The number of anilines is 1. The van der Waals surface area contributed by atoms with Crippen molar-refractivity contribution in [2.45, 2.75) is 30.7 Å². The number of sulfonamides is 1. The molecule has 1 aliphatic rings. The van der Waals surface area contributed by atoms with Crippen LogP contribution < -0.4 is 10.0 Å². The summed E-state index contributed by atoms with van der Waals surface area (Å²) < 4.78 is 26.8. The van der Waals surface area contributed by atoms with E-state index in [1.54, 1.807) is 24.4 Å². The molecule has 0 radical (unpaired) electrons. The fourth-order valence-electron chi connectivity index (χ4n) is 1.98. The Kier molecular flexibility index (Phi) is 4.79. The summed E-state index contributed by atoms with van der Waals surface area (Å²) in [5.74, 6) is -0.281. The number of nitrogens with one attached hydrogen (secondary N) is 2. The van der Waals surface area contributed by atoms with E-state index in [-0.39, 0.29) is 16.8 Å². The van der Waals surface area contributed by atoms with Crippen LogP contribution in [0.15, 0.2) is 41.4 Å². The maximum atomic E-state index is 12.1. The van der Waals surface area contributed by atoms with Crippen LogP contribution in [0.5, 0.6) is 0 Å². The standard InChI is InChI=1S/C16H17N3O3S2/c1-11-10-17-16(23-11)18-15(20)9-4-12-2-7-14(8-3-12)24(21,22)19-13-5-6-13/h2-4,7-10,13,19H,5-6H2,1H3,(H,17,18,20). The van der Waals surface area contributed by atoms with Gasteiger partial charge in [0.05, 0.1) is 4.90 Å². The van der Waals surface area contributed by atoms with Gasteiger partial charge in [0.15, 0.2) is 5.13 Å².